The van der Waals surface area contributed by atoms with Crippen LogP contribution in [-0.2, 0) is 0 Å². The third-order valence-electron chi connectivity index (χ3n) is 3.64. The second kappa shape index (κ2) is 4.91. The second-order valence-corrected chi connectivity index (χ2v) is 5.49. The van der Waals surface area contributed by atoms with Crippen molar-refractivity contribution in [2.75, 3.05) is 0 Å². The molecule has 0 heterocycles. The minimum absolute atomic E-state index is 0.638. The highest BCUT2D eigenvalue weighted by atomic mass is 14.2. The van der Waals surface area contributed by atoms with Crippen LogP contribution in [0.2, 0.25) is 0 Å². The van der Waals surface area contributed by atoms with Gasteiger partial charge in [0.25, 0.3) is 0 Å². The van der Waals surface area contributed by atoms with Crippen molar-refractivity contribution in [1.29, 1.82) is 0 Å². The quantitative estimate of drug-likeness (QED) is 0.665. The summed E-state index contributed by atoms with van der Waals surface area (Å²) >= 11 is 0. The molecular weight excluding hydrogens is 204 g/mol. The molecule has 1 aromatic rings. The van der Waals surface area contributed by atoms with Crippen LogP contribution in [-0.4, -0.2) is 0 Å². The molecule has 1 aliphatic rings. The van der Waals surface area contributed by atoms with E-state index in [1.54, 1.807) is 5.57 Å². The van der Waals surface area contributed by atoms with Crippen molar-refractivity contribution in [2.45, 2.75) is 34.1 Å². The molecule has 0 bridgehead atoms. The average molecular weight is 226 g/mol. The average Bonchev–Trinajstić information content (AvgIpc) is 2.28. The van der Waals surface area contributed by atoms with Crippen LogP contribution in [0.25, 0.3) is 5.57 Å². The van der Waals surface area contributed by atoms with Gasteiger partial charge < -0.3 is 0 Å². The maximum Gasteiger partial charge on any atom is -0.0147 e. The van der Waals surface area contributed by atoms with Crippen LogP contribution in [0, 0.1) is 18.8 Å². The molecule has 0 radical (unpaired) electrons. The maximum atomic E-state index is 2.34. The second-order valence-electron chi connectivity index (χ2n) is 5.49. The van der Waals surface area contributed by atoms with Gasteiger partial charge in [-0.3, -0.25) is 0 Å². The van der Waals surface area contributed by atoms with Crippen molar-refractivity contribution in [1.82, 2.24) is 0 Å². The maximum absolute atomic E-state index is 2.34. The molecule has 17 heavy (non-hydrogen) atoms. The normalized spacial score (nSPS) is 20.2. The van der Waals surface area contributed by atoms with E-state index < -0.39 is 0 Å². The van der Waals surface area contributed by atoms with Gasteiger partial charge in [0.2, 0.25) is 0 Å². The first-order valence-electron chi connectivity index (χ1n) is 6.55. The Hall–Kier alpha value is -1.30. The van der Waals surface area contributed by atoms with E-state index >= 15 is 0 Å². The van der Waals surface area contributed by atoms with Crippen LogP contribution in [0.5, 0.6) is 0 Å². The Kier molecular flexibility index (Phi) is 3.51. The van der Waals surface area contributed by atoms with Crippen molar-refractivity contribution < 1.29 is 0 Å². The van der Waals surface area contributed by atoms with Crippen LogP contribution in [0.15, 0.2) is 42.0 Å². The minimum atomic E-state index is 0.638. The van der Waals surface area contributed by atoms with Crippen molar-refractivity contribution in [3.05, 3.63) is 53.1 Å². The standard InChI is InChI=1S/C17H22/c1-12(2)15-8-9-17(14(4)11-15)16-7-5-6-13(3)10-16/h5-10,12,14H,11H2,1-4H3. The molecular formula is C17H22. The fourth-order valence-electron chi connectivity index (χ4n) is 2.53. The zero-order chi connectivity index (χ0) is 12.4. The van der Waals surface area contributed by atoms with Crippen LogP contribution < -0.4 is 0 Å². The predicted molar refractivity (Wildman–Crippen MR) is 75.9 cm³/mol. The molecule has 90 valence electrons. The molecule has 1 aromatic carbocycles. The first kappa shape index (κ1) is 12.2. The Balaban J connectivity index is 2.33. The summed E-state index contributed by atoms with van der Waals surface area (Å²) in [7, 11) is 0. The number of allylic oxidation sites excluding steroid dienone is 4. The molecule has 0 aromatic heterocycles. The van der Waals surface area contributed by atoms with E-state index in [4.69, 9.17) is 0 Å². The highest BCUT2D eigenvalue weighted by molar-refractivity contribution is 5.70. The monoisotopic (exact) mass is 226 g/mol. The van der Waals surface area contributed by atoms with Crippen LogP contribution >= 0.6 is 0 Å². The molecule has 0 amide bonds. The van der Waals surface area contributed by atoms with Gasteiger partial charge in [0.05, 0.1) is 0 Å². The van der Waals surface area contributed by atoms with Gasteiger partial charge >= 0.3 is 0 Å². The summed E-state index contributed by atoms with van der Waals surface area (Å²) < 4.78 is 0. The SMILES string of the molecule is Cc1cccc(C2=CC=C(C(C)C)CC2C)c1. The number of rotatable bonds is 2. The van der Waals surface area contributed by atoms with Crippen molar-refractivity contribution in [2.24, 2.45) is 11.8 Å². The summed E-state index contributed by atoms with van der Waals surface area (Å²) in [4.78, 5) is 0. The molecule has 2 rings (SSSR count). The lowest BCUT2D eigenvalue weighted by molar-refractivity contribution is 0.635. The third kappa shape index (κ3) is 2.69. The molecule has 0 fully saturated rings. The van der Waals surface area contributed by atoms with E-state index in [-0.39, 0.29) is 0 Å². The fraction of sp³-hybridized carbons (Fsp3) is 0.412. The van der Waals surface area contributed by atoms with Crippen molar-refractivity contribution in [3.8, 4) is 0 Å². The molecule has 0 spiro atoms. The summed E-state index contributed by atoms with van der Waals surface area (Å²) in [6.45, 7) is 9.06. The Labute approximate surface area is 105 Å². The van der Waals surface area contributed by atoms with E-state index in [1.807, 2.05) is 0 Å². The predicted octanol–water partition coefficient (Wildman–Crippen LogP) is 5.00. The summed E-state index contributed by atoms with van der Waals surface area (Å²) in [5, 5.41) is 0. The first-order valence-corrected chi connectivity index (χ1v) is 6.55. The van der Waals surface area contributed by atoms with Gasteiger partial charge in [0.15, 0.2) is 0 Å². The number of benzene rings is 1. The fourth-order valence-corrected chi connectivity index (χ4v) is 2.53. The van der Waals surface area contributed by atoms with E-state index in [0.29, 0.717) is 11.8 Å². The van der Waals surface area contributed by atoms with E-state index in [0.717, 1.165) is 0 Å². The topological polar surface area (TPSA) is 0 Å². The van der Waals surface area contributed by atoms with Gasteiger partial charge in [-0.15, -0.1) is 0 Å². The van der Waals surface area contributed by atoms with Gasteiger partial charge in [-0.1, -0.05) is 68.3 Å². The first-order chi connectivity index (χ1) is 8.08. The Morgan fingerprint density at radius 2 is 1.94 bits per heavy atom. The highest BCUT2D eigenvalue weighted by Crippen LogP contribution is 2.34. The molecule has 0 nitrogen and oxygen atoms in total. The molecule has 0 N–H and O–H groups in total. The number of hydrogen-bond acceptors (Lipinski definition) is 0. The molecule has 0 saturated heterocycles. The molecule has 1 atom stereocenters. The summed E-state index contributed by atoms with van der Waals surface area (Å²) in [6.07, 6.45) is 5.85. The minimum Gasteiger partial charge on any atom is -0.0671 e. The lowest BCUT2D eigenvalue weighted by Crippen LogP contribution is -2.08. The third-order valence-corrected chi connectivity index (χ3v) is 3.64. The molecule has 1 unspecified atom stereocenters. The van der Waals surface area contributed by atoms with Crippen molar-refractivity contribution >= 4 is 5.57 Å². The van der Waals surface area contributed by atoms with Crippen LogP contribution in [0.1, 0.15) is 38.3 Å². The molecule has 0 heteroatoms. The molecule has 1 aliphatic carbocycles. The zero-order valence-electron chi connectivity index (χ0n) is 11.3. The number of hydrogen-bond donors (Lipinski definition) is 0. The van der Waals surface area contributed by atoms with Gasteiger partial charge in [-0.2, -0.15) is 0 Å². The summed E-state index contributed by atoms with van der Waals surface area (Å²) in [6, 6.07) is 8.83. The zero-order valence-corrected chi connectivity index (χ0v) is 11.3. The smallest absolute Gasteiger partial charge is 0.0147 e. The van der Waals surface area contributed by atoms with Crippen LogP contribution in [0.3, 0.4) is 0 Å². The van der Waals surface area contributed by atoms with E-state index in [9.17, 15) is 0 Å². The molecule has 0 aliphatic heterocycles. The Bertz CT molecular complexity index is 461. The highest BCUT2D eigenvalue weighted by Gasteiger charge is 2.17. The van der Waals surface area contributed by atoms with Crippen molar-refractivity contribution in [3.63, 3.8) is 0 Å². The number of aryl methyl sites for hydroxylation is 1. The molecule has 0 saturated carbocycles. The van der Waals surface area contributed by atoms with Gasteiger partial charge in [0, 0.05) is 0 Å². The summed E-state index contributed by atoms with van der Waals surface area (Å²) in [5.74, 6) is 1.31. The Morgan fingerprint density at radius 3 is 2.53 bits per heavy atom. The van der Waals surface area contributed by atoms with Crippen LogP contribution in [0.4, 0.5) is 0 Å². The van der Waals surface area contributed by atoms with E-state index in [2.05, 4.69) is 64.1 Å². The lowest BCUT2D eigenvalue weighted by Gasteiger charge is -2.24. The van der Waals surface area contributed by atoms with Gasteiger partial charge in [0.1, 0.15) is 0 Å². The van der Waals surface area contributed by atoms with E-state index in [1.165, 1.54) is 23.1 Å². The Morgan fingerprint density at radius 1 is 1.18 bits per heavy atom. The van der Waals surface area contributed by atoms with Gasteiger partial charge in [-0.05, 0) is 36.3 Å². The van der Waals surface area contributed by atoms with Gasteiger partial charge in [-0.25, -0.2) is 0 Å². The lowest BCUT2D eigenvalue weighted by atomic mass is 9.81. The summed E-state index contributed by atoms with van der Waals surface area (Å²) in [5.41, 5.74) is 5.79. The largest absolute Gasteiger partial charge is 0.0671 e.